The van der Waals surface area contributed by atoms with Gasteiger partial charge in [0, 0.05) is 5.75 Å². The molecule has 0 unspecified atom stereocenters. The van der Waals surface area contributed by atoms with E-state index in [1.165, 1.54) is 75.3 Å². The van der Waals surface area contributed by atoms with Gasteiger partial charge in [0.1, 0.15) is 0 Å². The predicted molar refractivity (Wildman–Crippen MR) is 112 cm³/mol. The van der Waals surface area contributed by atoms with E-state index >= 15 is 0 Å². The van der Waals surface area contributed by atoms with Crippen LogP contribution in [-0.2, 0) is 22.3 Å². The van der Waals surface area contributed by atoms with E-state index in [-0.39, 0.29) is 6.29 Å². The Morgan fingerprint density at radius 2 is 1.20 bits per heavy atom. The summed E-state index contributed by atoms with van der Waals surface area (Å²) in [6, 6.07) is 9.34. The first-order chi connectivity index (χ1) is 12.3. The van der Waals surface area contributed by atoms with Crippen LogP contribution in [0.15, 0.2) is 24.3 Å². The molecule has 0 radical (unpaired) electrons. The molecule has 1 aliphatic rings. The van der Waals surface area contributed by atoms with Crippen LogP contribution in [0.2, 0.25) is 0 Å². The lowest BCUT2D eigenvalue weighted by Gasteiger charge is -2.04. The van der Waals surface area contributed by atoms with E-state index in [0.717, 1.165) is 13.2 Å². The Bertz CT molecular complexity index is 368. The molecule has 144 valence electrons. The Morgan fingerprint density at radius 3 is 1.52 bits per heavy atom. The van der Waals surface area contributed by atoms with E-state index in [9.17, 15) is 0 Å². The molecule has 2 nitrogen and oxygen atoms in total. The molecule has 3 heteroatoms. The van der Waals surface area contributed by atoms with Crippen molar-refractivity contribution in [3.05, 3.63) is 35.4 Å². The van der Waals surface area contributed by atoms with Crippen molar-refractivity contribution in [3.63, 3.8) is 0 Å². The van der Waals surface area contributed by atoms with Crippen molar-refractivity contribution in [1.82, 2.24) is 0 Å². The average molecular weight is 367 g/mol. The summed E-state index contributed by atoms with van der Waals surface area (Å²) in [6.07, 6.45) is 13.4. The number of hydrogen-bond acceptors (Lipinski definition) is 3. The highest BCUT2D eigenvalue weighted by atomic mass is 32.1. The minimum atomic E-state index is -0.0386. The molecule has 1 heterocycles. The first-order valence-electron chi connectivity index (χ1n) is 10.2. The summed E-state index contributed by atoms with van der Waals surface area (Å²) in [5, 5.41) is 0. The van der Waals surface area contributed by atoms with Crippen LogP contribution in [0, 0.1) is 0 Å². The highest BCUT2D eigenvalue weighted by Gasteiger charge is 2.12. The molecule has 0 aliphatic carbocycles. The quantitative estimate of drug-likeness (QED) is 0.370. The molecule has 0 N–H and O–H groups in total. The molecule has 1 aromatic carbocycles. The third-order valence-electron chi connectivity index (χ3n) is 4.50. The lowest BCUT2D eigenvalue weighted by molar-refractivity contribution is -0.0211. The maximum atomic E-state index is 5.00. The lowest BCUT2D eigenvalue weighted by atomic mass is 10.0. The molecule has 0 spiro atoms. The molecule has 1 saturated heterocycles. The van der Waals surface area contributed by atoms with Gasteiger partial charge >= 0.3 is 0 Å². The van der Waals surface area contributed by atoms with Crippen LogP contribution in [0.5, 0.6) is 0 Å². The molecular formula is C22H38O2S. The third kappa shape index (κ3) is 11.7. The minimum absolute atomic E-state index is 0.0386. The van der Waals surface area contributed by atoms with Crippen LogP contribution < -0.4 is 0 Å². The molecular weight excluding hydrogens is 328 g/mol. The Morgan fingerprint density at radius 1 is 0.760 bits per heavy atom. The number of rotatable bonds is 11. The van der Waals surface area contributed by atoms with Crippen LogP contribution in [-0.4, -0.2) is 25.3 Å². The summed E-state index contributed by atoms with van der Waals surface area (Å²) < 4.78 is 10.0. The Hall–Kier alpha value is -0.510. The van der Waals surface area contributed by atoms with Crippen molar-refractivity contribution in [1.29, 1.82) is 0 Å². The van der Waals surface area contributed by atoms with Gasteiger partial charge in [-0.3, -0.25) is 0 Å². The van der Waals surface area contributed by atoms with Crippen LogP contribution in [0.25, 0.3) is 0 Å². The van der Waals surface area contributed by atoms with Crippen molar-refractivity contribution >= 4 is 12.6 Å². The second-order valence-electron chi connectivity index (χ2n) is 6.79. The van der Waals surface area contributed by atoms with Gasteiger partial charge in [-0.2, -0.15) is 12.6 Å². The summed E-state index contributed by atoms with van der Waals surface area (Å²) in [5.41, 5.74) is 3.03. The first-order valence-corrected chi connectivity index (χ1v) is 10.8. The third-order valence-corrected chi connectivity index (χ3v) is 4.80. The van der Waals surface area contributed by atoms with Gasteiger partial charge in [-0.05, 0) is 36.8 Å². The Kier molecular flexibility index (Phi) is 14.2. The largest absolute Gasteiger partial charge is 0.349 e. The normalized spacial score (nSPS) is 14.4. The van der Waals surface area contributed by atoms with Gasteiger partial charge in [0.05, 0.1) is 13.2 Å². The minimum Gasteiger partial charge on any atom is -0.349 e. The van der Waals surface area contributed by atoms with E-state index in [1.54, 1.807) is 0 Å². The summed E-state index contributed by atoms with van der Waals surface area (Å²) >= 11 is 3.97. The SMILES string of the molecule is CCCCCCc1ccc(CCCCCC)cc1.SCC1OCCO1. The zero-order chi connectivity index (χ0) is 18.2. The fraction of sp³-hybridized carbons (Fsp3) is 0.727. The monoisotopic (exact) mass is 366 g/mol. The van der Waals surface area contributed by atoms with Crippen LogP contribution >= 0.6 is 12.6 Å². The second-order valence-corrected chi connectivity index (χ2v) is 7.16. The zero-order valence-corrected chi connectivity index (χ0v) is 17.2. The van der Waals surface area contributed by atoms with Crippen molar-refractivity contribution in [2.45, 2.75) is 84.3 Å². The summed E-state index contributed by atoms with van der Waals surface area (Å²) in [4.78, 5) is 0. The standard InChI is InChI=1S/C18H30.C4H8O2S/c1-3-5-7-9-11-17-13-15-18(16-14-17)12-10-8-6-4-2;7-3-4-5-1-2-6-4/h13-16H,3-12H2,1-2H3;4,7H,1-3H2. The number of hydrogen-bond donors (Lipinski definition) is 1. The average Bonchev–Trinajstić information content (AvgIpc) is 3.18. The number of thiol groups is 1. The fourth-order valence-electron chi connectivity index (χ4n) is 2.90. The highest BCUT2D eigenvalue weighted by molar-refractivity contribution is 7.80. The van der Waals surface area contributed by atoms with Gasteiger partial charge < -0.3 is 9.47 Å². The lowest BCUT2D eigenvalue weighted by Crippen LogP contribution is -2.07. The fourth-order valence-corrected chi connectivity index (χ4v) is 3.11. The smallest absolute Gasteiger partial charge is 0.166 e. The molecule has 25 heavy (non-hydrogen) atoms. The van der Waals surface area contributed by atoms with E-state index in [0.29, 0.717) is 5.75 Å². The maximum Gasteiger partial charge on any atom is 0.166 e. The van der Waals surface area contributed by atoms with Crippen LogP contribution in [0.4, 0.5) is 0 Å². The van der Waals surface area contributed by atoms with Gasteiger partial charge in [0.25, 0.3) is 0 Å². The van der Waals surface area contributed by atoms with Crippen molar-refractivity contribution in [2.75, 3.05) is 19.0 Å². The van der Waals surface area contributed by atoms with Crippen molar-refractivity contribution in [2.24, 2.45) is 0 Å². The van der Waals surface area contributed by atoms with E-state index in [4.69, 9.17) is 9.47 Å². The second kappa shape index (κ2) is 15.7. The molecule has 1 aromatic rings. The van der Waals surface area contributed by atoms with Gasteiger partial charge in [-0.1, -0.05) is 76.6 Å². The molecule has 0 aromatic heterocycles. The molecule has 0 atom stereocenters. The number of ether oxygens (including phenoxy) is 2. The first kappa shape index (κ1) is 22.5. The molecule has 2 rings (SSSR count). The maximum absolute atomic E-state index is 5.00. The topological polar surface area (TPSA) is 18.5 Å². The molecule has 0 bridgehead atoms. The summed E-state index contributed by atoms with van der Waals surface area (Å²) in [6.45, 7) is 6.00. The van der Waals surface area contributed by atoms with Gasteiger partial charge in [-0.25, -0.2) is 0 Å². The van der Waals surface area contributed by atoms with E-state index in [2.05, 4.69) is 50.7 Å². The van der Waals surface area contributed by atoms with Gasteiger partial charge in [0.15, 0.2) is 6.29 Å². The molecule has 1 aliphatic heterocycles. The highest BCUT2D eigenvalue weighted by Crippen LogP contribution is 2.12. The van der Waals surface area contributed by atoms with Gasteiger partial charge in [-0.15, -0.1) is 0 Å². The van der Waals surface area contributed by atoms with Crippen molar-refractivity contribution in [3.8, 4) is 0 Å². The Labute approximate surface area is 161 Å². The molecule has 0 amide bonds. The summed E-state index contributed by atoms with van der Waals surface area (Å²) in [5.74, 6) is 0.667. The van der Waals surface area contributed by atoms with Gasteiger partial charge in [0.2, 0.25) is 0 Å². The Balaban J connectivity index is 0.000000370. The number of unbranched alkanes of at least 4 members (excludes halogenated alkanes) is 6. The van der Waals surface area contributed by atoms with Crippen molar-refractivity contribution < 1.29 is 9.47 Å². The zero-order valence-electron chi connectivity index (χ0n) is 16.3. The predicted octanol–water partition coefficient (Wildman–Crippen LogP) is 6.22. The molecule has 1 fully saturated rings. The number of benzene rings is 1. The summed E-state index contributed by atoms with van der Waals surface area (Å²) in [7, 11) is 0. The van der Waals surface area contributed by atoms with E-state index in [1.807, 2.05) is 0 Å². The molecule has 0 saturated carbocycles. The van der Waals surface area contributed by atoms with E-state index < -0.39 is 0 Å². The van der Waals surface area contributed by atoms with Crippen LogP contribution in [0.3, 0.4) is 0 Å². The number of aryl methyl sites for hydroxylation is 2. The van der Waals surface area contributed by atoms with Crippen LogP contribution in [0.1, 0.15) is 76.3 Å².